The summed E-state index contributed by atoms with van der Waals surface area (Å²) in [6, 6.07) is 7.11. The Morgan fingerprint density at radius 1 is 1.25 bits per heavy atom. The molecule has 2 aliphatic heterocycles. The SMILES string of the molecule is CC1c2ccc(F)cc2CCN1C(=O)CN1CCc2sccc2C1. The molecule has 0 bridgehead atoms. The van der Waals surface area contributed by atoms with Gasteiger partial charge in [0.05, 0.1) is 12.6 Å². The lowest BCUT2D eigenvalue weighted by Crippen LogP contribution is -2.45. The predicted octanol–water partition coefficient (Wildman–Crippen LogP) is 3.39. The summed E-state index contributed by atoms with van der Waals surface area (Å²) in [6.45, 7) is 5.00. The molecule has 24 heavy (non-hydrogen) atoms. The molecule has 1 aromatic carbocycles. The molecule has 0 radical (unpaired) electrons. The highest BCUT2D eigenvalue weighted by Gasteiger charge is 2.29. The van der Waals surface area contributed by atoms with Crippen LogP contribution in [0.15, 0.2) is 29.6 Å². The van der Waals surface area contributed by atoms with Gasteiger partial charge in [0, 0.05) is 24.5 Å². The van der Waals surface area contributed by atoms with E-state index in [0.29, 0.717) is 13.1 Å². The van der Waals surface area contributed by atoms with Crippen molar-refractivity contribution in [2.24, 2.45) is 0 Å². The maximum atomic E-state index is 13.4. The number of carbonyl (C=O) groups excluding carboxylic acids is 1. The predicted molar refractivity (Wildman–Crippen MR) is 93.5 cm³/mol. The zero-order valence-corrected chi connectivity index (χ0v) is 14.6. The first-order chi connectivity index (χ1) is 11.6. The fourth-order valence-corrected chi connectivity index (χ4v) is 4.76. The molecule has 0 saturated heterocycles. The largest absolute Gasteiger partial charge is 0.334 e. The third-order valence-electron chi connectivity index (χ3n) is 5.21. The van der Waals surface area contributed by atoms with E-state index < -0.39 is 0 Å². The maximum Gasteiger partial charge on any atom is 0.237 e. The second-order valence-electron chi connectivity index (χ2n) is 6.69. The topological polar surface area (TPSA) is 23.6 Å². The van der Waals surface area contributed by atoms with Crippen molar-refractivity contribution in [2.45, 2.75) is 32.4 Å². The molecule has 3 nitrogen and oxygen atoms in total. The van der Waals surface area contributed by atoms with Crippen LogP contribution in [-0.2, 0) is 24.2 Å². The molecule has 0 aliphatic carbocycles. The van der Waals surface area contributed by atoms with Crippen LogP contribution in [0.1, 0.15) is 34.5 Å². The summed E-state index contributed by atoms with van der Waals surface area (Å²) in [7, 11) is 0. The molecule has 0 saturated carbocycles. The number of thiophene rings is 1. The highest BCUT2D eigenvalue weighted by atomic mass is 32.1. The van der Waals surface area contributed by atoms with Crippen LogP contribution in [0.2, 0.25) is 0 Å². The van der Waals surface area contributed by atoms with Gasteiger partial charge in [-0.3, -0.25) is 9.69 Å². The molecule has 1 aromatic heterocycles. The average Bonchev–Trinajstić information content (AvgIpc) is 3.02. The molecule has 2 aromatic rings. The molecule has 5 heteroatoms. The Kier molecular flexibility index (Phi) is 4.14. The average molecular weight is 344 g/mol. The van der Waals surface area contributed by atoms with Gasteiger partial charge < -0.3 is 4.90 Å². The van der Waals surface area contributed by atoms with Crippen LogP contribution in [0.4, 0.5) is 4.39 Å². The molecular formula is C19H21FN2OS. The van der Waals surface area contributed by atoms with Crippen LogP contribution in [-0.4, -0.2) is 35.3 Å². The van der Waals surface area contributed by atoms with Crippen molar-refractivity contribution in [2.75, 3.05) is 19.6 Å². The van der Waals surface area contributed by atoms with Crippen LogP contribution in [0.25, 0.3) is 0 Å². The molecule has 2 aliphatic rings. The third-order valence-corrected chi connectivity index (χ3v) is 6.23. The fraction of sp³-hybridized carbons (Fsp3) is 0.421. The zero-order chi connectivity index (χ0) is 16.7. The minimum absolute atomic E-state index is 0.0170. The molecule has 0 fully saturated rings. The summed E-state index contributed by atoms with van der Waals surface area (Å²) in [5.74, 6) is -0.0169. The van der Waals surface area contributed by atoms with Gasteiger partial charge in [-0.2, -0.15) is 0 Å². The van der Waals surface area contributed by atoms with Gasteiger partial charge in [-0.05, 0) is 60.0 Å². The maximum absolute atomic E-state index is 13.4. The van der Waals surface area contributed by atoms with Gasteiger partial charge in [0.2, 0.25) is 5.91 Å². The fourth-order valence-electron chi connectivity index (χ4n) is 3.87. The summed E-state index contributed by atoms with van der Waals surface area (Å²) in [4.78, 5) is 18.5. The van der Waals surface area contributed by atoms with Crippen LogP contribution >= 0.6 is 11.3 Å². The first kappa shape index (κ1) is 15.8. The summed E-state index contributed by atoms with van der Waals surface area (Å²) in [5.41, 5.74) is 3.48. The number of rotatable bonds is 2. The number of halogens is 1. The zero-order valence-electron chi connectivity index (χ0n) is 13.8. The van der Waals surface area contributed by atoms with Gasteiger partial charge in [-0.25, -0.2) is 4.39 Å². The van der Waals surface area contributed by atoms with Crippen molar-refractivity contribution < 1.29 is 9.18 Å². The van der Waals surface area contributed by atoms with Crippen molar-refractivity contribution in [3.8, 4) is 0 Å². The molecule has 0 spiro atoms. The van der Waals surface area contributed by atoms with E-state index in [9.17, 15) is 9.18 Å². The Morgan fingerprint density at radius 2 is 2.12 bits per heavy atom. The van der Waals surface area contributed by atoms with Crippen molar-refractivity contribution in [1.29, 1.82) is 0 Å². The molecule has 1 unspecified atom stereocenters. The molecular weight excluding hydrogens is 323 g/mol. The van der Waals surface area contributed by atoms with Crippen LogP contribution in [0, 0.1) is 5.82 Å². The Morgan fingerprint density at radius 3 is 3.00 bits per heavy atom. The Balaban J connectivity index is 1.45. The van der Waals surface area contributed by atoms with Crippen LogP contribution in [0.5, 0.6) is 0 Å². The standard InChI is InChI=1S/C19H21FN2OS/c1-13-17-3-2-16(20)10-14(17)4-8-22(13)19(23)12-21-7-5-18-15(11-21)6-9-24-18/h2-3,6,9-10,13H,4-5,7-8,11-12H2,1H3. The summed E-state index contributed by atoms with van der Waals surface area (Å²) in [5, 5.41) is 2.14. The Hall–Kier alpha value is -1.72. The van der Waals surface area contributed by atoms with E-state index in [1.807, 2.05) is 29.2 Å². The van der Waals surface area contributed by atoms with E-state index in [4.69, 9.17) is 0 Å². The number of fused-ring (bicyclic) bond motifs is 2. The number of hydrogen-bond donors (Lipinski definition) is 0. The van der Waals surface area contributed by atoms with Crippen molar-refractivity contribution >= 4 is 17.2 Å². The molecule has 4 rings (SSSR count). The van der Waals surface area contributed by atoms with Crippen molar-refractivity contribution in [3.63, 3.8) is 0 Å². The highest BCUT2D eigenvalue weighted by Crippen LogP contribution is 2.30. The third kappa shape index (κ3) is 2.87. The van der Waals surface area contributed by atoms with Gasteiger partial charge in [0.25, 0.3) is 0 Å². The molecule has 0 N–H and O–H groups in total. The van der Waals surface area contributed by atoms with Gasteiger partial charge in [-0.15, -0.1) is 11.3 Å². The minimum Gasteiger partial charge on any atom is -0.334 e. The number of carbonyl (C=O) groups is 1. The Labute approximate surface area is 145 Å². The molecule has 3 heterocycles. The van der Waals surface area contributed by atoms with E-state index >= 15 is 0 Å². The molecule has 1 atom stereocenters. The van der Waals surface area contributed by atoms with E-state index in [-0.39, 0.29) is 17.8 Å². The van der Waals surface area contributed by atoms with Gasteiger partial charge in [0.15, 0.2) is 0 Å². The summed E-state index contributed by atoms with van der Waals surface area (Å²) < 4.78 is 13.4. The molecule has 1 amide bonds. The first-order valence-electron chi connectivity index (χ1n) is 8.47. The Bertz CT molecular complexity index is 772. The number of nitrogens with zero attached hydrogens (tertiary/aromatic N) is 2. The van der Waals surface area contributed by atoms with E-state index in [1.165, 1.54) is 16.5 Å². The number of hydrogen-bond acceptors (Lipinski definition) is 3. The van der Waals surface area contributed by atoms with Gasteiger partial charge in [0.1, 0.15) is 5.82 Å². The summed E-state index contributed by atoms with van der Waals surface area (Å²) >= 11 is 1.82. The number of benzene rings is 1. The second kappa shape index (κ2) is 6.30. The lowest BCUT2D eigenvalue weighted by atomic mass is 9.93. The lowest BCUT2D eigenvalue weighted by Gasteiger charge is -2.37. The van der Waals surface area contributed by atoms with Gasteiger partial charge in [-0.1, -0.05) is 6.07 Å². The second-order valence-corrected chi connectivity index (χ2v) is 7.69. The minimum atomic E-state index is -0.194. The molecule has 126 valence electrons. The van der Waals surface area contributed by atoms with Crippen molar-refractivity contribution in [1.82, 2.24) is 9.80 Å². The number of amides is 1. The highest BCUT2D eigenvalue weighted by molar-refractivity contribution is 7.10. The van der Waals surface area contributed by atoms with E-state index in [1.54, 1.807) is 6.07 Å². The van der Waals surface area contributed by atoms with Crippen molar-refractivity contribution in [3.05, 3.63) is 57.0 Å². The van der Waals surface area contributed by atoms with E-state index in [2.05, 4.69) is 16.3 Å². The normalized spacial score (nSPS) is 20.6. The lowest BCUT2D eigenvalue weighted by molar-refractivity contribution is -0.135. The summed E-state index contributed by atoms with van der Waals surface area (Å²) in [6.07, 6.45) is 1.77. The van der Waals surface area contributed by atoms with E-state index in [0.717, 1.165) is 37.1 Å². The van der Waals surface area contributed by atoms with Crippen LogP contribution in [0.3, 0.4) is 0 Å². The van der Waals surface area contributed by atoms with Gasteiger partial charge >= 0.3 is 0 Å². The van der Waals surface area contributed by atoms with Crippen LogP contribution < -0.4 is 0 Å². The quantitative estimate of drug-likeness (QED) is 0.834. The smallest absolute Gasteiger partial charge is 0.237 e. The first-order valence-corrected chi connectivity index (χ1v) is 9.35. The monoisotopic (exact) mass is 344 g/mol.